The van der Waals surface area contributed by atoms with E-state index in [0.717, 1.165) is 16.5 Å². The molecule has 2 heterocycles. The number of hydrogen-bond donors (Lipinski definition) is 1. The van der Waals surface area contributed by atoms with E-state index < -0.39 is 0 Å². The van der Waals surface area contributed by atoms with Crippen molar-refractivity contribution in [3.05, 3.63) is 28.8 Å². The van der Waals surface area contributed by atoms with Crippen molar-refractivity contribution in [2.45, 2.75) is 25.8 Å². The molecule has 0 spiro atoms. The maximum Gasteiger partial charge on any atom is 0.0455 e. The van der Waals surface area contributed by atoms with E-state index in [2.05, 4.69) is 28.4 Å². The van der Waals surface area contributed by atoms with E-state index in [1.54, 1.807) is 0 Å². The number of anilines is 1. The monoisotopic (exact) mass is 250 g/mol. The molecule has 0 radical (unpaired) electrons. The summed E-state index contributed by atoms with van der Waals surface area (Å²) in [5, 5.41) is 4.53. The Balaban J connectivity index is 1.71. The minimum atomic E-state index is 0.632. The molecule has 17 heavy (non-hydrogen) atoms. The van der Waals surface area contributed by atoms with Crippen LogP contribution in [-0.2, 0) is 0 Å². The molecule has 92 valence electrons. The van der Waals surface area contributed by atoms with Crippen molar-refractivity contribution in [1.29, 1.82) is 0 Å². The molecule has 1 aromatic rings. The van der Waals surface area contributed by atoms with Gasteiger partial charge in [0, 0.05) is 29.8 Å². The fourth-order valence-electron chi connectivity index (χ4n) is 3.04. The van der Waals surface area contributed by atoms with Gasteiger partial charge in [-0.15, -0.1) is 0 Å². The molecular weight excluding hydrogens is 232 g/mol. The zero-order valence-electron chi connectivity index (χ0n) is 10.2. The quantitative estimate of drug-likeness (QED) is 0.868. The van der Waals surface area contributed by atoms with Crippen molar-refractivity contribution >= 4 is 17.3 Å². The predicted molar refractivity (Wildman–Crippen MR) is 72.8 cm³/mol. The van der Waals surface area contributed by atoms with E-state index in [4.69, 9.17) is 11.6 Å². The third-order valence-electron chi connectivity index (χ3n) is 4.16. The molecule has 2 nitrogen and oxygen atoms in total. The van der Waals surface area contributed by atoms with Gasteiger partial charge in [-0.05, 0) is 49.9 Å². The van der Waals surface area contributed by atoms with Gasteiger partial charge in [0.05, 0.1) is 0 Å². The van der Waals surface area contributed by atoms with E-state index in [0.29, 0.717) is 6.04 Å². The third-order valence-corrected chi connectivity index (χ3v) is 4.57. The fraction of sp³-hybridized carbons (Fsp3) is 0.571. The lowest BCUT2D eigenvalue weighted by atomic mass is 9.94. The summed E-state index contributed by atoms with van der Waals surface area (Å²) in [6.07, 6.45) is 2.60. The lowest BCUT2D eigenvalue weighted by molar-refractivity contribution is 0.255. The molecule has 2 bridgehead atoms. The number of aryl methyl sites for hydroxylation is 1. The summed E-state index contributed by atoms with van der Waals surface area (Å²) < 4.78 is 0. The average Bonchev–Trinajstić information content (AvgIpc) is 2.71. The minimum absolute atomic E-state index is 0.632. The zero-order valence-corrected chi connectivity index (χ0v) is 11.0. The molecule has 3 rings (SSSR count). The summed E-state index contributed by atoms with van der Waals surface area (Å²) in [5.74, 6) is 0.823. The molecule has 1 N–H and O–H groups in total. The van der Waals surface area contributed by atoms with Gasteiger partial charge in [-0.2, -0.15) is 0 Å². The molecule has 0 amide bonds. The van der Waals surface area contributed by atoms with Gasteiger partial charge in [0.1, 0.15) is 0 Å². The maximum absolute atomic E-state index is 6.16. The lowest BCUT2D eigenvalue weighted by Gasteiger charge is -2.31. The number of benzene rings is 1. The lowest BCUT2D eigenvalue weighted by Crippen LogP contribution is -2.39. The molecule has 2 fully saturated rings. The first-order chi connectivity index (χ1) is 8.22. The van der Waals surface area contributed by atoms with E-state index >= 15 is 0 Å². The number of nitrogens with one attached hydrogen (secondary N) is 1. The summed E-state index contributed by atoms with van der Waals surface area (Å²) in [4.78, 5) is 2.57. The number of nitrogens with zero attached hydrogens (tertiary/aromatic N) is 1. The molecule has 0 aromatic heterocycles. The largest absolute Gasteiger partial charge is 0.382 e. The Kier molecular flexibility index (Phi) is 3.01. The summed E-state index contributed by atoms with van der Waals surface area (Å²) in [5.41, 5.74) is 2.32. The van der Waals surface area contributed by atoms with E-state index in [1.807, 2.05) is 6.92 Å². The maximum atomic E-state index is 6.16. The van der Waals surface area contributed by atoms with Gasteiger partial charge in [-0.25, -0.2) is 0 Å². The summed E-state index contributed by atoms with van der Waals surface area (Å²) in [6.45, 7) is 5.85. The summed E-state index contributed by atoms with van der Waals surface area (Å²) >= 11 is 6.16. The molecule has 3 atom stereocenters. The highest BCUT2D eigenvalue weighted by atomic mass is 35.5. The Bertz CT molecular complexity index is 419. The third kappa shape index (κ3) is 2.29. The average molecular weight is 251 g/mol. The van der Waals surface area contributed by atoms with Gasteiger partial charge in [0.15, 0.2) is 0 Å². The van der Waals surface area contributed by atoms with Crippen LogP contribution in [0.25, 0.3) is 0 Å². The van der Waals surface area contributed by atoms with E-state index in [-0.39, 0.29) is 0 Å². The standard InChI is InChI=1S/C14H19ClN2/c1-10-2-3-12(8-13(10)15)16-14-5-7-17-6-4-11(14)9-17/h2-3,8,11,14,16H,4-7,9H2,1H3. The van der Waals surface area contributed by atoms with Crippen LogP contribution in [0.2, 0.25) is 5.02 Å². The van der Waals surface area contributed by atoms with E-state index in [1.165, 1.54) is 38.2 Å². The van der Waals surface area contributed by atoms with Crippen LogP contribution < -0.4 is 5.32 Å². The van der Waals surface area contributed by atoms with Gasteiger partial charge < -0.3 is 10.2 Å². The van der Waals surface area contributed by atoms with Crippen LogP contribution in [0.4, 0.5) is 5.69 Å². The number of fused-ring (bicyclic) bond motifs is 2. The van der Waals surface area contributed by atoms with Crippen LogP contribution in [0.5, 0.6) is 0 Å². The van der Waals surface area contributed by atoms with Gasteiger partial charge in [-0.3, -0.25) is 0 Å². The van der Waals surface area contributed by atoms with Crippen molar-refractivity contribution in [3.8, 4) is 0 Å². The number of halogens is 1. The van der Waals surface area contributed by atoms with Crippen molar-refractivity contribution in [2.75, 3.05) is 25.0 Å². The number of piperidine rings is 1. The topological polar surface area (TPSA) is 15.3 Å². The second kappa shape index (κ2) is 4.51. The van der Waals surface area contributed by atoms with Gasteiger partial charge in [0.2, 0.25) is 0 Å². The first kappa shape index (κ1) is 11.4. The Morgan fingerprint density at radius 2 is 2.12 bits per heavy atom. The first-order valence-corrected chi connectivity index (χ1v) is 6.85. The molecule has 2 saturated heterocycles. The summed E-state index contributed by atoms with van der Waals surface area (Å²) in [7, 11) is 0. The highest BCUT2D eigenvalue weighted by molar-refractivity contribution is 6.31. The SMILES string of the molecule is Cc1ccc(NC2CCN3CCC2C3)cc1Cl. The Hall–Kier alpha value is -0.730. The highest BCUT2D eigenvalue weighted by Crippen LogP contribution is 2.30. The smallest absolute Gasteiger partial charge is 0.0455 e. The van der Waals surface area contributed by atoms with Crippen molar-refractivity contribution in [1.82, 2.24) is 4.90 Å². The minimum Gasteiger partial charge on any atom is -0.382 e. The van der Waals surface area contributed by atoms with E-state index in [9.17, 15) is 0 Å². The second-order valence-electron chi connectivity index (χ2n) is 5.35. The number of rotatable bonds is 2. The van der Waals surface area contributed by atoms with Gasteiger partial charge in [-0.1, -0.05) is 17.7 Å². The Morgan fingerprint density at radius 1 is 1.29 bits per heavy atom. The van der Waals surface area contributed by atoms with Crippen LogP contribution in [0.15, 0.2) is 18.2 Å². The van der Waals surface area contributed by atoms with Crippen LogP contribution in [0.3, 0.4) is 0 Å². The first-order valence-electron chi connectivity index (χ1n) is 6.47. The van der Waals surface area contributed by atoms with Crippen LogP contribution >= 0.6 is 11.6 Å². The van der Waals surface area contributed by atoms with Crippen molar-refractivity contribution in [3.63, 3.8) is 0 Å². The van der Waals surface area contributed by atoms with Crippen molar-refractivity contribution in [2.24, 2.45) is 5.92 Å². The molecule has 0 aliphatic carbocycles. The molecule has 2 aliphatic heterocycles. The molecule has 3 heteroatoms. The van der Waals surface area contributed by atoms with Gasteiger partial charge in [0.25, 0.3) is 0 Å². The van der Waals surface area contributed by atoms with Crippen LogP contribution in [-0.4, -0.2) is 30.6 Å². The fourth-order valence-corrected chi connectivity index (χ4v) is 3.22. The zero-order chi connectivity index (χ0) is 11.8. The second-order valence-corrected chi connectivity index (χ2v) is 5.76. The van der Waals surface area contributed by atoms with Crippen molar-refractivity contribution < 1.29 is 0 Å². The summed E-state index contributed by atoms with van der Waals surface area (Å²) in [6, 6.07) is 6.92. The highest BCUT2D eigenvalue weighted by Gasteiger charge is 2.33. The molecule has 1 aromatic carbocycles. The Labute approximate surface area is 108 Å². The molecule has 0 saturated carbocycles. The van der Waals surface area contributed by atoms with Gasteiger partial charge >= 0.3 is 0 Å². The van der Waals surface area contributed by atoms with Crippen LogP contribution in [0.1, 0.15) is 18.4 Å². The molecule has 3 unspecified atom stereocenters. The van der Waals surface area contributed by atoms with Crippen LogP contribution in [0, 0.1) is 12.8 Å². The predicted octanol–water partition coefficient (Wildman–Crippen LogP) is 3.15. The normalized spacial score (nSPS) is 31.5. The molecular formula is C14H19ClN2. The molecule has 2 aliphatic rings. The Morgan fingerprint density at radius 3 is 2.94 bits per heavy atom. The number of hydrogen-bond acceptors (Lipinski definition) is 2.